The van der Waals surface area contributed by atoms with Crippen LogP contribution < -0.4 is 19.6 Å². The van der Waals surface area contributed by atoms with Crippen LogP contribution in [0.1, 0.15) is 42.4 Å². The van der Waals surface area contributed by atoms with E-state index >= 15 is 0 Å². The molecule has 0 N–H and O–H groups in total. The smallest absolute Gasteiger partial charge is 0.317 e. The molecule has 8 nitrogen and oxygen atoms in total. The number of hydrogen-bond acceptors (Lipinski definition) is 7. The zero-order valence-corrected chi connectivity index (χ0v) is 21.8. The second-order valence-corrected chi connectivity index (χ2v) is 10.4. The molecule has 0 spiro atoms. The molecule has 0 aliphatic carbocycles. The number of carbonyl (C=O) groups is 1. The topological polar surface area (TPSA) is 87.7 Å². The fourth-order valence-corrected chi connectivity index (χ4v) is 6.43. The van der Waals surface area contributed by atoms with Crippen LogP contribution in [0.2, 0.25) is 0 Å². The van der Waals surface area contributed by atoms with Gasteiger partial charge >= 0.3 is 5.97 Å². The number of nitrogens with zero attached hydrogens (tertiary/aromatic N) is 4. The summed E-state index contributed by atoms with van der Waals surface area (Å²) >= 11 is 1.30. The second kappa shape index (κ2) is 8.55. The van der Waals surface area contributed by atoms with Crippen molar-refractivity contribution in [1.82, 2.24) is 14.3 Å². The summed E-state index contributed by atoms with van der Waals surface area (Å²) in [4.78, 5) is 32.4. The molecular formula is C28H26N4O4S. The molecule has 4 aromatic rings. The largest absolute Gasteiger partial charge is 0.466 e. The maximum absolute atomic E-state index is 13.9. The average molecular weight is 515 g/mol. The van der Waals surface area contributed by atoms with Gasteiger partial charge in [-0.15, -0.1) is 0 Å². The van der Waals surface area contributed by atoms with Gasteiger partial charge in [0.2, 0.25) is 5.72 Å². The number of para-hydroxylation sites is 2. The average Bonchev–Trinajstić information content (AvgIpc) is 3.33. The second-order valence-electron chi connectivity index (χ2n) is 9.38. The number of hydrogen-bond donors (Lipinski definition) is 0. The van der Waals surface area contributed by atoms with Crippen LogP contribution in [-0.4, -0.2) is 32.6 Å². The van der Waals surface area contributed by atoms with Gasteiger partial charge in [0, 0.05) is 16.8 Å². The van der Waals surface area contributed by atoms with Gasteiger partial charge in [-0.05, 0) is 52.0 Å². The first-order chi connectivity index (χ1) is 17.8. The highest BCUT2D eigenvalue weighted by molar-refractivity contribution is 7.07. The van der Waals surface area contributed by atoms with Crippen molar-refractivity contribution in [3.05, 3.63) is 96.8 Å². The van der Waals surface area contributed by atoms with E-state index in [1.165, 1.54) is 11.3 Å². The Balaban J connectivity index is 1.56. The van der Waals surface area contributed by atoms with Crippen molar-refractivity contribution in [3.63, 3.8) is 0 Å². The van der Waals surface area contributed by atoms with Crippen molar-refractivity contribution < 1.29 is 14.3 Å². The normalized spacial score (nSPS) is 22.0. The Morgan fingerprint density at radius 3 is 2.65 bits per heavy atom. The molecule has 2 bridgehead atoms. The van der Waals surface area contributed by atoms with E-state index in [0.717, 1.165) is 28.2 Å². The third-order valence-corrected chi connectivity index (χ3v) is 8.03. The minimum absolute atomic E-state index is 0.201. The molecule has 0 saturated carbocycles. The Morgan fingerprint density at radius 2 is 1.89 bits per heavy atom. The maximum atomic E-state index is 13.9. The van der Waals surface area contributed by atoms with E-state index in [1.54, 1.807) is 18.4 Å². The van der Waals surface area contributed by atoms with Crippen molar-refractivity contribution in [3.8, 4) is 11.4 Å². The monoisotopic (exact) mass is 514 g/mol. The number of aromatic nitrogens is 3. The molecule has 0 radical (unpaired) electrons. The van der Waals surface area contributed by atoms with E-state index in [9.17, 15) is 9.59 Å². The molecule has 3 atom stereocenters. The highest BCUT2D eigenvalue weighted by Gasteiger charge is 2.55. The Labute approximate surface area is 217 Å². The third-order valence-electron chi connectivity index (χ3n) is 7.04. The lowest BCUT2D eigenvalue weighted by molar-refractivity contribution is -0.160. The Hall–Kier alpha value is -3.98. The number of benzene rings is 2. The number of esters is 1. The number of rotatable bonds is 4. The summed E-state index contributed by atoms with van der Waals surface area (Å²) in [5.74, 6) is -0.609. The van der Waals surface area contributed by atoms with Gasteiger partial charge in [0.15, 0.2) is 4.80 Å². The molecule has 0 amide bonds. The number of ether oxygens (including phenoxy) is 2. The fourth-order valence-electron chi connectivity index (χ4n) is 5.35. The summed E-state index contributed by atoms with van der Waals surface area (Å²) in [5.41, 5.74) is 2.96. The molecular weight excluding hydrogens is 488 g/mol. The molecule has 9 heteroatoms. The zero-order valence-electron chi connectivity index (χ0n) is 21.0. The predicted molar refractivity (Wildman–Crippen MR) is 140 cm³/mol. The van der Waals surface area contributed by atoms with Crippen LogP contribution in [0.15, 0.2) is 64.4 Å². The quantitative estimate of drug-likeness (QED) is 0.391. The Kier molecular flexibility index (Phi) is 5.41. The Morgan fingerprint density at radius 1 is 1.16 bits per heavy atom. The molecule has 37 heavy (non-hydrogen) atoms. The first-order valence-electron chi connectivity index (χ1n) is 12.2. The minimum Gasteiger partial charge on any atom is -0.466 e. The highest BCUT2D eigenvalue weighted by atomic mass is 32.1. The van der Waals surface area contributed by atoms with Crippen LogP contribution in [0.3, 0.4) is 0 Å². The summed E-state index contributed by atoms with van der Waals surface area (Å²) in [7, 11) is 0. The van der Waals surface area contributed by atoms with E-state index in [0.29, 0.717) is 15.1 Å². The minimum atomic E-state index is -1.19. The molecule has 4 heterocycles. The first-order valence-corrected chi connectivity index (χ1v) is 13.0. The lowest BCUT2D eigenvalue weighted by Gasteiger charge is -2.44. The number of carbonyl (C=O) groups excluding carboxylic acids is 1. The molecule has 0 unspecified atom stereocenters. The van der Waals surface area contributed by atoms with Crippen LogP contribution in [0.25, 0.3) is 11.8 Å². The van der Waals surface area contributed by atoms with Crippen molar-refractivity contribution in [2.24, 2.45) is 10.9 Å². The predicted octanol–water partition coefficient (Wildman–Crippen LogP) is 3.05. The van der Waals surface area contributed by atoms with Gasteiger partial charge < -0.3 is 9.47 Å². The van der Waals surface area contributed by atoms with E-state index in [4.69, 9.17) is 19.6 Å². The van der Waals surface area contributed by atoms with E-state index in [-0.39, 0.29) is 12.2 Å². The summed E-state index contributed by atoms with van der Waals surface area (Å²) < 4.78 is 15.7. The summed E-state index contributed by atoms with van der Waals surface area (Å²) in [6.07, 6.45) is 1.88. The SMILES string of the molecule is CCOC(=O)[C@H]1[C@@H]2c3ccccc3O[C@]1(C)N=c1s/c(=C/c3c(C)nn(-c4ccccc4)c3C)c(=O)n12. The summed E-state index contributed by atoms with van der Waals surface area (Å²) in [5, 5.41) is 4.71. The molecule has 6 rings (SSSR count). The van der Waals surface area contributed by atoms with Crippen LogP contribution in [0, 0.1) is 19.8 Å². The van der Waals surface area contributed by atoms with Crippen molar-refractivity contribution >= 4 is 23.4 Å². The fraction of sp³-hybridized carbons (Fsp3) is 0.286. The van der Waals surface area contributed by atoms with Crippen LogP contribution in [0.5, 0.6) is 5.75 Å². The van der Waals surface area contributed by atoms with Gasteiger partial charge in [-0.1, -0.05) is 47.7 Å². The van der Waals surface area contributed by atoms with E-state index in [2.05, 4.69) is 0 Å². The van der Waals surface area contributed by atoms with Gasteiger partial charge in [0.05, 0.1) is 28.6 Å². The molecule has 0 saturated heterocycles. The molecule has 2 aliphatic rings. The van der Waals surface area contributed by atoms with Gasteiger partial charge in [-0.2, -0.15) is 5.10 Å². The van der Waals surface area contributed by atoms with Crippen molar-refractivity contribution in [1.29, 1.82) is 0 Å². The number of fused-ring (bicyclic) bond motifs is 6. The maximum Gasteiger partial charge on any atom is 0.317 e. The molecule has 0 fully saturated rings. The molecule has 2 aliphatic heterocycles. The lowest BCUT2D eigenvalue weighted by Crippen LogP contribution is -2.58. The number of aryl methyl sites for hydroxylation is 1. The lowest BCUT2D eigenvalue weighted by atomic mass is 9.81. The standard InChI is InChI=1S/C28H26N4O4S/c1-5-35-26(34)23-24-19-13-9-10-14-21(19)36-28(23,4)29-27-31(24)25(33)22(37-27)15-20-16(2)30-32(17(20)3)18-11-7-6-8-12-18/h6-15,23-24H,5H2,1-4H3/b22-15+/t23-,24+,28+/m1/s1. The number of thiazole rings is 1. The van der Waals surface area contributed by atoms with Crippen LogP contribution in [0.4, 0.5) is 0 Å². The Bertz CT molecular complexity index is 1720. The van der Waals surface area contributed by atoms with Crippen molar-refractivity contribution in [2.45, 2.75) is 39.5 Å². The van der Waals surface area contributed by atoms with Crippen molar-refractivity contribution in [2.75, 3.05) is 6.61 Å². The van der Waals surface area contributed by atoms with Gasteiger partial charge in [0.1, 0.15) is 11.7 Å². The van der Waals surface area contributed by atoms with Gasteiger partial charge in [-0.3, -0.25) is 14.2 Å². The molecule has 2 aromatic heterocycles. The first kappa shape index (κ1) is 23.4. The zero-order chi connectivity index (χ0) is 25.9. The van der Waals surface area contributed by atoms with E-state index < -0.39 is 23.7 Å². The summed E-state index contributed by atoms with van der Waals surface area (Å²) in [6.45, 7) is 7.70. The third kappa shape index (κ3) is 3.56. The van der Waals surface area contributed by atoms with Crippen LogP contribution in [-0.2, 0) is 9.53 Å². The summed E-state index contributed by atoms with van der Waals surface area (Å²) in [6, 6.07) is 16.8. The van der Waals surface area contributed by atoms with Gasteiger partial charge in [-0.25, -0.2) is 9.67 Å². The molecule has 188 valence electrons. The molecule has 2 aromatic carbocycles. The van der Waals surface area contributed by atoms with E-state index in [1.807, 2.05) is 79.2 Å². The van der Waals surface area contributed by atoms with Crippen LogP contribution >= 0.6 is 11.3 Å². The van der Waals surface area contributed by atoms with Gasteiger partial charge in [0.25, 0.3) is 5.56 Å². The highest BCUT2D eigenvalue weighted by Crippen LogP contribution is 2.47.